The molecule has 0 heterocycles. The van der Waals surface area contributed by atoms with Gasteiger partial charge >= 0.3 is 5.97 Å². The first-order valence-electron chi connectivity index (χ1n) is 9.96. The Balaban J connectivity index is 1.90. The summed E-state index contributed by atoms with van der Waals surface area (Å²) in [7, 11) is -3.72. The van der Waals surface area contributed by atoms with E-state index in [1.54, 1.807) is 0 Å². The second-order valence-electron chi connectivity index (χ2n) is 7.59. The Morgan fingerprint density at radius 3 is 2.24 bits per heavy atom. The third-order valence-electron chi connectivity index (χ3n) is 5.41. The van der Waals surface area contributed by atoms with E-state index in [9.17, 15) is 19.4 Å². The Hall–Kier alpha value is -2.42. The molecule has 4 nitrogen and oxygen atoms in total. The SMILES string of the molecule is CCCC(C(Cc1ccc2ccccc2c1)C(=O)O)P(=O)(O)Cc1ccccc1. The summed E-state index contributed by atoms with van der Waals surface area (Å²) in [5, 5.41) is 12.1. The third kappa shape index (κ3) is 5.35. The predicted octanol–water partition coefficient (Wildman–Crippen LogP) is 5.72. The lowest BCUT2D eigenvalue weighted by atomic mass is 9.92. The number of rotatable bonds is 9. The molecule has 152 valence electrons. The van der Waals surface area contributed by atoms with Crippen LogP contribution in [-0.4, -0.2) is 21.6 Å². The van der Waals surface area contributed by atoms with Crippen molar-refractivity contribution in [2.45, 2.75) is 38.0 Å². The van der Waals surface area contributed by atoms with E-state index in [-0.39, 0.29) is 12.6 Å². The van der Waals surface area contributed by atoms with Gasteiger partial charge in [-0.05, 0) is 34.7 Å². The molecule has 3 unspecified atom stereocenters. The molecule has 5 heteroatoms. The largest absolute Gasteiger partial charge is 0.481 e. The van der Waals surface area contributed by atoms with Crippen molar-refractivity contribution >= 4 is 24.1 Å². The maximum Gasteiger partial charge on any atom is 0.307 e. The summed E-state index contributed by atoms with van der Waals surface area (Å²) in [6.45, 7) is 1.92. The van der Waals surface area contributed by atoms with Crippen LogP contribution in [0.3, 0.4) is 0 Å². The van der Waals surface area contributed by atoms with E-state index in [4.69, 9.17) is 0 Å². The van der Waals surface area contributed by atoms with Crippen molar-refractivity contribution in [1.82, 2.24) is 0 Å². The molecule has 0 aromatic heterocycles. The molecule has 3 aromatic rings. The van der Waals surface area contributed by atoms with Gasteiger partial charge in [-0.3, -0.25) is 9.36 Å². The molecule has 0 fully saturated rings. The zero-order valence-corrected chi connectivity index (χ0v) is 17.5. The zero-order chi connectivity index (χ0) is 20.9. The minimum Gasteiger partial charge on any atom is -0.481 e. The van der Waals surface area contributed by atoms with Gasteiger partial charge in [0.2, 0.25) is 7.37 Å². The van der Waals surface area contributed by atoms with Gasteiger partial charge in [-0.15, -0.1) is 0 Å². The molecule has 0 spiro atoms. The molecule has 0 bridgehead atoms. The van der Waals surface area contributed by atoms with E-state index in [0.717, 1.165) is 21.9 Å². The monoisotopic (exact) mass is 410 g/mol. The molecule has 3 aromatic carbocycles. The summed E-state index contributed by atoms with van der Waals surface area (Å²) < 4.78 is 13.3. The second kappa shape index (κ2) is 9.39. The maximum absolute atomic E-state index is 13.3. The maximum atomic E-state index is 13.3. The van der Waals surface area contributed by atoms with Crippen LogP contribution >= 0.6 is 7.37 Å². The number of benzene rings is 3. The topological polar surface area (TPSA) is 74.6 Å². The van der Waals surface area contributed by atoms with E-state index < -0.39 is 24.9 Å². The third-order valence-corrected chi connectivity index (χ3v) is 7.88. The van der Waals surface area contributed by atoms with Crippen LogP contribution < -0.4 is 0 Å². The molecule has 3 atom stereocenters. The fraction of sp³-hybridized carbons (Fsp3) is 0.292. The molecule has 2 N–H and O–H groups in total. The number of aliphatic carboxylic acids is 1. The normalized spacial score (nSPS) is 15.5. The van der Waals surface area contributed by atoms with Gasteiger partial charge in [-0.25, -0.2) is 0 Å². The smallest absolute Gasteiger partial charge is 0.307 e. The molecular weight excluding hydrogens is 383 g/mol. The molecule has 0 radical (unpaired) electrons. The fourth-order valence-electron chi connectivity index (χ4n) is 3.95. The van der Waals surface area contributed by atoms with Gasteiger partial charge in [0, 0.05) is 11.8 Å². The molecule has 0 aliphatic heterocycles. The van der Waals surface area contributed by atoms with E-state index in [2.05, 4.69) is 0 Å². The molecule has 29 heavy (non-hydrogen) atoms. The van der Waals surface area contributed by atoms with Gasteiger partial charge in [0.25, 0.3) is 0 Å². The lowest BCUT2D eigenvalue weighted by molar-refractivity contribution is -0.141. The minimum absolute atomic E-state index is 0.00000693. The van der Waals surface area contributed by atoms with Crippen molar-refractivity contribution in [3.63, 3.8) is 0 Å². The summed E-state index contributed by atoms with van der Waals surface area (Å²) in [6, 6.07) is 22.9. The van der Waals surface area contributed by atoms with E-state index >= 15 is 0 Å². The number of hydrogen-bond acceptors (Lipinski definition) is 2. The van der Waals surface area contributed by atoms with Crippen LogP contribution in [0.4, 0.5) is 0 Å². The van der Waals surface area contributed by atoms with Gasteiger partial charge < -0.3 is 10.00 Å². The van der Waals surface area contributed by atoms with Crippen molar-refractivity contribution in [2.24, 2.45) is 5.92 Å². The molecule has 3 rings (SSSR count). The molecule has 0 amide bonds. The van der Waals surface area contributed by atoms with Crippen LogP contribution in [0.2, 0.25) is 0 Å². The number of hydrogen-bond donors (Lipinski definition) is 2. The van der Waals surface area contributed by atoms with Gasteiger partial charge in [-0.1, -0.05) is 86.1 Å². The Labute approximate surface area is 171 Å². The molecule has 0 aliphatic rings. The lowest BCUT2D eigenvalue weighted by Crippen LogP contribution is -2.31. The number of fused-ring (bicyclic) bond motifs is 1. The van der Waals surface area contributed by atoms with Crippen LogP contribution in [0, 0.1) is 5.92 Å². The lowest BCUT2D eigenvalue weighted by Gasteiger charge is -2.28. The number of carbonyl (C=O) groups is 1. The molecule has 0 aliphatic carbocycles. The van der Waals surface area contributed by atoms with E-state index in [1.165, 1.54) is 0 Å². The van der Waals surface area contributed by atoms with Crippen LogP contribution in [0.5, 0.6) is 0 Å². The van der Waals surface area contributed by atoms with Gasteiger partial charge in [0.15, 0.2) is 0 Å². The second-order valence-corrected chi connectivity index (χ2v) is 10.1. The Bertz CT molecular complexity index is 1020. The number of carboxylic acid groups (broad SMARTS) is 1. The average Bonchev–Trinajstić information content (AvgIpc) is 2.70. The van der Waals surface area contributed by atoms with Crippen molar-refractivity contribution in [3.8, 4) is 0 Å². The van der Waals surface area contributed by atoms with Gasteiger partial charge in [0.1, 0.15) is 0 Å². The zero-order valence-electron chi connectivity index (χ0n) is 16.6. The summed E-state index contributed by atoms with van der Waals surface area (Å²) in [6.07, 6.45) is 1.31. The summed E-state index contributed by atoms with van der Waals surface area (Å²) >= 11 is 0. The first-order chi connectivity index (χ1) is 13.9. The van der Waals surface area contributed by atoms with E-state index in [1.807, 2.05) is 79.7 Å². The minimum atomic E-state index is -3.72. The average molecular weight is 410 g/mol. The number of carboxylic acids is 1. The quantitative estimate of drug-likeness (QED) is 0.442. The van der Waals surface area contributed by atoms with E-state index in [0.29, 0.717) is 12.8 Å². The summed E-state index contributed by atoms with van der Waals surface area (Å²) in [5.41, 5.74) is 0.850. The van der Waals surface area contributed by atoms with Crippen molar-refractivity contribution in [1.29, 1.82) is 0 Å². The highest BCUT2D eigenvalue weighted by Gasteiger charge is 2.40. The van der Waals surface area contributed by atoms with Crippen LogP contribution in [0.25, 0.3) is 10.8 Å². The fourth-order valence-corrected chi connectivity index (χ4v) is 6.38. The van der Waals surface area contributed by atoms with Crippen molar-refractivity contribution in [3.05, 3.63) is 83.9 Å². The Morgan fingerprint density at radius 2 is 1.59 bits per heavy atom. The van der Waals surface area contributed by atoms with Gasteiger partial charge in [-0.2, -0.15) is 0 Å². The van der Waals surface area contributed by atoms with Crippen LogP contribution in [0.15, 0.2) is 72.8 Å². The van der Waals surface area contributed by atoms with Crippen molar-refractivity contribution in [2.75, 3.05) is 0 Å². The summed E-state index contributed by atoms with van der Waals surface area (Å²) in [4.78, 5) is 23.1. The highest BCUT2D eigenvalue weighted by Crippen LogP contribution is 2.54. The highest BCUT2D eigenvalue weighted by atomic mass is 31.2. The first kappa shape index (κ1) is 21.3. The molecule has 0 saturated carbocycles. The van der Waals surface area contributed by atoms with Crippen LogP contribution in [-0.2, 0) is 21.9 Å². The Kier molecular flexibility index (Phi) is 6.89. The summed E-state index contributed by atoms with van der Waals surface area (Å²) in [5.74, 6) is -1.92. The Morgan fingerprint density at radius 1 is 0.931 bits per heavy atom. The predicted molar refractivity (Wildman–Crippen MR) is 117 cm³/mol. The highest BCUT2D eigenvalue weighted by molar-refractivity contribution is 7.58. The van der Waals surface area contributed by atoms with Gasteiger partial charge in [0.05, 0.1) is 5.92 Å². The first-order valence-corrected chi connectivity index (χ1v) is 11.9. The van der Waals surface area contributed by atoms with Crippen LogP contribution in [0.1, 0.15) is 30.9 Å². The molecule has 0 saturated heterocycles. The molecular formula is C24H27O4P. The standard InChI is InChI=1S/C24H27O4P/c1-2-8-23(29(27,28)17-18-9-4-3-5-10-18)22(24(25)26)16-19-13-14-20-11-6-7-12-21(20)15-19/h3-7,9-15,22-23H,2,8,16-17H2,1H3,(H,25,26)(H,27,28). The van der Waals surface area contributed by atoms with Crippen molar-refractivity contribution < 1.29 is 19.4 Å².